The van der Waals surface area contributed by atoms with Crippen molar-refractivity contribution in [2.45, 2.75) is 44.9 Å². The van der Waals surface area contributed by atoms with E-state index in [9.17, 15) is 13.2 Å². The van der Waals surface area contributed by atoms with E-state index in [-0.39, 0.29) is 22.8 Å². The van der Waals surface area contributed by atoms with Crippen molar-refractivity contribution in [2.24, 2.45) is 5.92 Å². The van der Waals surface area contributed by atoms with Crippen molar-refractivity contribution in [3.8, 4) is 22.6 Å². The van der Waals surface area contributed by atoms with Crippen LogP contribution in [0, 0.1) is 35.0 Å². The van der Waals surface area contributed by atoms with Crippen LogP contribution in [0.1, 0.15) is 50.5 Å². The Hall–Kier alpha value is -2.89. The molecule has 0 unspecified atom stereocenters. The number of benzene rings is 3. The molecular formula is C26H23F5O. The lowest BCUT2D eigenvalue weighted by atomic mass is 9.77. The first-order chi connectivity index (χ1) is 15.4. The molecule has 1 fully saturated rings. The molecule has 0 radical (unpaired) electrons. The summed E-state index contributed by atoms with van der Waals surface area (Å²) < 4.78 is 77.3. The van der Waals surface area contributed by atoms with Gasteiger partial charge in [-0.05, 0) is 49.1 Å². The molecule has 0 bridgehead atoms. The van der Waals surface area contributed by atoms with Crippen molar-refractivity contribution < 1.29 is 26.7 Å². The van der Waals surface area contributed by atoms with Gasteiger partial charge in [0.25, 0.3) is 0 Å². The van der Waals surface area contributed by atoms with E-state index in [0.29, 0.717) is 36.5 Å². The summed E-state index contributed by atoms with van der Waals surface area (Å²) in [7, 11) is 0. The Balaban J connectivity index is 1.82. The largest absolute Gasteiger partial charge is 0.453 e. The van der Waals surface area contributed by atoms with Gasteiger partial charge < -0.3 is 4.74 Å². The summed E-state index contributed by atoms with van der Waals surface area (Å²) in [5.41, 5.74) is 0.513. The maximum Gasteiger partial charge on any atom is 0.194 e. The fraction of sp³-hybridized carbons (Fsp3) is 0.308. The van der Waals surface area contributed by atoms with Crippen LogP contribution >= 0.6 is 0 Å². The van der Waals surface area contributed by atoms with Gasteiger partial charge in [-0.2, -0.15) is 0 Å². The normalized spacial score (nSPS) is 18.6. The van der Waals surface area contributed by atoms with Crippen molar-refractivity contribution in [2.75, 3.05) is 0 Å². The smallest absolute Gasteiger partial charge is 0.194 e. The second-order valence-corrected chi connectivity index (χ2v) is 8.26. The third-order valence-electron chi connectivity index (χ3n) is 6.30. The summed E-state index contributed by atoms with van der Waals surface area (Å²) in [4.78, 5) is 0. The SMILES string of the molecule is CCC1CCC(c2c(F)cc(-c3ccccc3)c(Oc3cc(F)c(F)c(F)c3)c2F)CC1. The average molecular weight is 446 g/mol. The van der Waals surface area contributed by atoms with Gasteiger partial charge in [0, 0.05) is 23.3 Å². The lowest BCUT2D eigenvalue weighted by Gasteiger charge is -2.29. The highest BCUT2D eigenvalue weighted by Gasteiger charge is 2.30. The summed E-state index contributed by atoms with van der Waals surface area (Å²) in [6.07, 6.45) is 4.09. The zero-order valence-corrected chi connectivity index (χ0v) is 17.6. The highest BCUT2D eigenvalue weighted by atomic mass is 19.2. The van der Waals surface area contributed by atoms with Crippen LogP contribution in [0.3, 0.4) is 0 Å². The fourth-order valence-corrected chi connectivity index (χ4v) is 4.49. The van der Waals surface area contributed by atoms with Gasteiger partial charge in [0.15, 0.2) is 29.0 Å². The Morgan fingerprint density at radius 1 is 0.781 bits per heavy atom. The van der Waals surface area contributed by atoms with Crippen LogP contribution in [-0.4, -0.2) is 0 Å². The van der Waals surface area contributed by atoms with Crippen molar-refractivity contribution in [1.29, 1.82) is 0 Å². The van der Waals surface area contributed by atoms with E-state index in [4.69, 9.17) is 4.74 Å². The quantitative estimate of drug-likeness (QED) is 0.282. The minimum atomic E-state index is -1.64. The van der Waals surface area contributed by atoms with Crippen molar-refractivity contribution in [1.82, 2.24) is 0 Å². The zero-order valence-electron chi connectivity index (χ0n) is 17.6. The number of halogens is 5. The Kier molecular flexibility index (Phi) is 6.49. The summed E-state index contributed by atoms with van der Waals surface area (Å²) in [6, 6.07) is 10.9. The zero-order chi connectivity index (χ0) is 22.8. The summed E-state index contributed by atoms with van der Waals surface area (Å²) in [6.45, 7) is 2.10. The van der Waals surface area contributed by atoms with Crippen LogP contribution in [0.5, 0.6) is 11.5 Å². The molecule has 4 rings (SSSR count). The molecule has 0 aliphatic heterocycles. The molecule has 32 heavy (non-hydrogen) atoms. The number of hydrogen-bond donors (Lipinski definition) is 0. The van der Waals surface area contributed by atoms with E-state index in [1.807, 2.05) is 0 Å². The standard InChI is InChI=1S/C26H23F5O/c1-2-15-8-10-17(11-9-15)23-20(27)14-19(16-6-4-3-5-7-16)26(25(23)31)32-18-12-21(28)24(30)22(29)13-18/h3-7,12-15,17H,2,8-11H2,1H3. The molecule has 0 spiro atoms. The molecule has 0 N–H and O–H groups in total. The maximum absolute atomic E-state index is 15.8. The van der Waals surface area contributed by atoms with Gasteiger partial charge in [0.1, 0.15) is 11.6 Å². The molecule has 168 valence electrons. The summed E-state index contributed by atoms with van der Waals surface area (Å²) >= 11 is 0. The predicted octanol–water partition coefficient (Wildman–Crippen LogP) is 8.53. The van der Waals surface area contributed by atoms with Gasteiger partial charge in [0.2, 0.25) is 0 Å². The lowest BCUT2D eigenvalue weighted by Crippen LogP contribution is -2.15. The van der Waals surface area contributed by atoms with Gasteiger partial charge in [0.05, 0.1) is 0 Å². The number of ether oxygens (including phenoxy) is 1. The van der Waals surface area contributed by atoms with Crippen LogP contribution < -0.4 is 4.74 Å². The Labute approximate surface area is 183 Å². The molecule has 6 heteroatoms. The minimum Gasteiger partial charge on any atom is -0.453 e. The van der Waals surface area contributed by atoms with Crippen LogP contribution in [0.2, 0.25) is 0 Å². The highest BCUT2D eigenvalue weighted by molar-refractivity contribution is 5.72. The Morgan fingerprint density at radius 2 is 1.41 bits per heavy atom. The van der Waals surface area contributed by atoms with Crippen molar-refractivity contribution >= 4 is 0 Å². The van der Waals surface area contributed by atoms with Gasteiger partial charge in [-0.3, -0.25) is 0 Å². The Morgan fingerprint density at radius 3 is 2.00 bits per heavy atom. The first-order valence-electron chi connectivity index (χ1n) is 10.8. The molecule has 1 aliphatic carbocycles. The van der Waals surface area contributed by atoms with Gasteiger partial charge >= 0.3 is 0 Å². The monoisotopic (exact) mass is 446 g/mol. The second kappa shape index (κ2) is 9.31. The molecule has 0 aromatic heterocycles. The summed E-state index contributed by atoms with van der Waals surface area (Å²) in [5.74, 6) is -6.65. The van der Waals surface area contributed by atoms with Crippen LogP contribution in [-0.2, 0) is 0 Å². The molecular weight excluding hydrogens is 423 g/mol. The predicted molar refractivity (Wildman–Crippen MR) is 113 cm³/mol. The molecule has 1 nitrogen and oxygen atoms in total. The van der Waals surface area contributed by atoms with Gasteiger partial charge in [-0.25, -0.2) is 22.0 Å². The van der Waals surface area contributed by atoms with E-state index < -0.39 is 34.8 Å². The second-order valence-electron chi connectivity index (χ2n) is 8.26. The number of hydrogen-bond acceptors (Lipinski definition) is 1. The molecule has 1 aliphatic rings. The van der Waals surface area contributed by atoms with Gasteiger partial charge in [-0.1, -0.05) is 43.7 Å². The van der Waals surface area contributed by atoms with Crippen LogP contribution in [0.25, 0.3) is 11.1 Å². The topological polar surface area (TPSA) is 9.23 Å². The lowest BCUT2D eigenvalue weighted by molar-refractivity contribution is 0.307. The van der Waals surface area contributed by atoms with E-state index in [2.05, 4.69) is 6.92 Å². The third-order valence-corrected chi connectivity index (χ3v) is 6.30. The molecule has 0 saturated heterocycles. The third kappa shape index (κ3) is 4.36. The Bertz CT molecular complexity index is 1080. The van der Waals surface area contributed by atoms with E-state index in [0.717, 1.165) is 19.3 Å². The molecule has 3 aromatic carbocycles. The number of rotatable bonds is 5. The van der Waals surface area contributed by atoms with Gasteiger partial charge in [-0.15, -0.1) is 0 Å². The van der Waals surface area contributed by atoms with E-state index in [1.54, 1.807) is 30.3 Å². The van der Waals surface area contributed by atoms with Crippen LogP contribution in [0.4, 0.5) is 22.0 Å². The molecule has 3 aromatic rings. The van der Waals surface area contributed by atoms with Crippen molar-refractivity contribution in [3.63, 3.8) is 0 Å². The molecule has 0 atom stereocenters. The minimum absolute atomic E-state index is 0.0720. The first kappa shape index (κ1) is 22.3. The first-order valence-corrected chi connectivity index (χ1v) is 10.8. The fourth-order valence-electron chi connectivity index (χ4n) is 4.49. The molecule has 1 saturated carbocycles. The highest BCUT2D eigenvalue weighted by Crippen LogP contribution is 2.45. The molecule has 0 amide bonds. The van der Waals surface area contributed by atoms with E-state index in [1.165, 1.54) is 6.07 Å². The van der Waals surface area contributed by atoms with Crippen LogP contribution in [0.15, 0.2) is 48.5 Å². The average Bonchev–Trinajstić information content (AvgIpc) is 2.80. The summed E-state index contributed by atoms with van der Waals surface area (Å²) in [5, 5.41) is 0. The van der Waals surface area contributed by atoms with E-state index >= 15 is 8.78 Å². The maximum atomic E-state index is 15.8. The van der Waals surface area contributed by atoms with Crippen molar-refractivity contribution in [3.05, 3.63) is 83.2 Å². The molecule has 0 heterocycles.